The fourth-order valence-corrected chi connectivity index (χ4v) is 0.728. The van der Waals surface area contributed by atoms with Gasteiger partial charge in [0, 0.05) is 0 Å². The molecule has 1 atom stereocenters. The molecule has 0 fully saturated rings. The zero-order chi connectivity index (χ0) is 10.6. The van der Waals surface area contributed by atoms with Crippen LogP contribution in [-0.2, 0) is 14.3 Å². The Morgan fingerprint density at radius 1 is 1.46 bits per heavy atom. The van der Waals surface area contributed by atoms with E-state index in [0.29, 0.717) is 0 Å². The topological polar surface area (TPSA) is 81.4 Å². The predicted molar refractivity (Wildman–Crippen MR) is 47.9 cm³/mol. The first-order chi connectivity index (χ1) is 5.81. The lowest BCUT2D eigenvalue weighted by Gasteiger charge is -2.23. The van der Waals surface area contributed by atoms with Gasteiger partial charge in [0.25, 0.3) is 0 Å². The van der Waals surface area contributed by atoms with Gasteiger partial charge in [0.2, 0.25) is 5.91 Å². The predicted octanol–water partition coefficient (Wildman–Crippen LogP) is -0.599. The lowest BCUT2D eigenvalue weighted by Crippen LogP contribution is -2.54. The summed E-state index contributed by atoms with van der Waals surface area (Å²) in [5, 5.41) is 2.47. The van der Waals surface area contributed by atoms with E-state index in [9.17, 15) is 9.59 Å². The molecule has 5 heteroatoms. The summed E-state index contributed by atoms with van der Waals surface area (Å²) in [5.41, 5.74) is 4.29. The van der Waals surface area contributed by atoms with E-state index in [4.69, 9.17) is 5.73 Å². The number of hydrogen-bond donors (Lipinski definition) is 2. The maximum atomic E-state index is 11.1. The van der Waals surface area contributed by atoms with Crippen LogP contribution in [0.1, 0.15) is 20.8 Å². The molecule has 76 valence electrons. The van der Waals surface area contributed by atoms with Crippen LogP contribution in [-0.4, -0.2) is 30.6 Å². The van der Waals surface area contributed by atoms with Gasteiger partial charge in [0.15, 0.2) is 0 Å². The highest BCUT2D eigenvalue weighted by Crippen LogP contribution is 2.04. The minimum absolute atomic E-state index is 0.379. The van der Waals surface area contributed by atoms with Gasteiger partial charge >= 0.3 is 5.97 Å². The number of rotatable bonds is 3. The number of methoxy groups -OCH3 is 1. The van der Waals surface area contributed by atoms with E-state index >= 15 is 0 Å². The van der Waals surface area contributed by atoms with Crippen molar-refractivity contribution in [2.75, 3.05) is 7.11 Å². The summed E-state index contributed by atoms with van der Waals surface area (Å²) in [6, 6.07) is -0.635. The Labute approximate surface area is 77.6 Å². The summed E-state index contributed by atoms with van der Waals surface area (Å²) in [6.45, 7) is 4.65. The third-order valence-corrected chi connectivity index (χ3v) is 1.54. The highest BCUT2D eigenvalue weighted by molar-refractivity contribution is 5.89. The van der Waals surface area contributed by atoms with Crippen LogP contribution in [0.3, 0.4) is 0 Å². The molecule has 0 unspecified atom stereocenters. The largest absolute Gasteiger partial charge is 0.467 e. The van der Waals surface area contributed by atoms with Gasteiger partial charge in [-0.3, -0.25) is 4.79 Å². The molecule has 3 N–H and O–H groups in total. The number of ether oxygens (including phenoxy) is 1. The first-order valence-electron chi connectivity index (χ1n) is 3.97. The van der Waals surface area contributed by atoms with Crippen LogP contribution in [0.15, 0.2) is 0 Å². The Morgan fingerprint density at radius 3 is 2.23 bits per heavy atom. The molecule has 13 heavy (non-hydrogen) atoms. The van der Waals surface area contributed by atoms with Crippen molar-refractivity contribution in [2.24, 2.45) is 5.73 Å². The molecule has 0 saturated heterocycles. The van der Waals surface area contributed by atoms with Crippen LogP contribution < -0.4 is 11.1 Å². The zero-order valence-corrected chi connectivity index (χ0v) is 8.38. The number of carbonyl (C=O) groups excluding carboxylic acids is 2. The van der Waals surface area contributed by atoms with E-state index in [1.807, 2.05) is 0 Å². The molecule has 0 spiro atoms. The molecule has 5 nitrogen and oxygen atoms in total. The zero-order valence-electron chi connectivity index (χ0n) is 8.38. The standard InChI is InChI=1S/C8H16N2O3/c1-5(9)6(11)10-8(2,3)7(12)13-4/h5H,9H2,1-4H3,(H,10,11)/t5-/m1/s1. The number of carbonyl (C=O) groups is 2. The summed E-state index contributed by atoms with van der Waals surface area (Å²) in [6.07, 6.45) is 0. The van der Waals surface area contributed by atoms with Gasteiger partial charge in [-0.1, -0.05) is 0 Å². The van der Waals surface area contributed by atoms with Crippen molar-refractivity contribution in [3.05, 3.63) is 0 Å². The number of hydrogen-bond acceptors (Lipinski definition) is 4. The molecule has 0 aromatic carbocycles. The lowest BCUT2D eigenvalue weighted by atomic mass is 10.1. The quantitative estimate of drug-likeness (QED) is 0.579. The SMILES string of the molecule is COC(=O)C(C)(C)NC(=O)[C@@H](C)N. The van der Waals surface area contributed by atoms with Crippen LogP contribution in [0.25, 0.3) is 0 Å². The van der Waals surface area contributed by atoms with E-state index in [1.165, 1.54) is 7.11 Å². The molecule has 0 aromatic heterocycles. The second-order valence-corrected chi connectivity index (χ2v) is 3.39. The van der Waals surface area contributed by atoms with E-state index in [-0.39, 0.29) is 5.91 Å². The van der Waals surface area contributed by atoms with Crippen molar-refractivity contribution in [1.82, 2.24) is 5.32 Å². The average Bonchev–Trinajstić information content (AvgIpc) is 2.01. The molecule has 0 aliphatic rings. The van der Waals surface area contributed by atoms with Crippen LogP contribution in [0.5, 0.6) is 0 Å². The van der Waals surface area contributed by atoms with Gasteiger partial charge in [0.05, 0.1) is 13.2 Å². The maximum absolute atomic E-state index is 11.1. The third kappa shape index (κ3) is 3.42. The second-order valence-electron chi connectivity index (χ2n) is 3.39. The summed E-state index contributed by atoms with van der Waals surface area (Å²) in [5.74, 6) is -0.878. The Balaban J connectivity index is 4.33. The number of esters is 1. The van der Waals surface area contributed by atoms with Gasteiger partial charge < -0.3 is 15.8 Å². The first-order valence-corrected chi connectivity index (χ1v) is 3.97. The minimum Gasteiger partial charge on any atom is -0.467 e. The van der Waals surface area contributed by atoms with Gasteiger partial charge in [-0.25, -0.2) is 4.79 Å². The van der Waals surface area contributed by atoms with Gasteiger partial charge in [0.1, 0.15) is 5.54 Å². The van der Waals surface area contributed by atoms with E-state index in [2.05, 4.69) is 10.1 Å². The van der Waals surface area contributed by atoms with Crippen molar-refractivity contribution in [3.63, 3.8) is 0 Å². The average molecular weight is 188 g/mol. The summed E-state index contributed by atoms with van der Waals surface area (Å²) >= 11 is 0. The summed E-state index contributed by atoms with van der Waals surface area (Å²) in [4.78, 5) is 22.2. The monoisotopic (exact) mass is 188 g/mol. The maximum Gasteiger partial charge on any atom is 0.330 e. The molecular weight excluding hydrogens is 172 g/mol. The number of nitrogens with one attached hydrogen (secondary N) is 1. The van der Waals surface area contributed by atoms with Crippen LogP contribution in [0.2, 0.25) is 0 Å². The van der Waals surface area contributed by atoms with Crippen LogP contribution >= 0.6 is 0 Å². The third-order valence-electron chi connectivity index (χ3n) is 1.54. The fourth-order valence-electron chi connectivity index (χ4n) is 0.728. The highest BCUT2D eigenvalue weighted by Gasteiger charge is 2.31. The Bertz CT molecular complexity index is 211. The Hall–Kier alpha value is -1.10. The van der Waals surface area contributed by atoms with E-state index in [1.54, 1.807) is 20.8 Å². The molecule has 0 bridgehead atoms. The van der Waals surface area contributed by atoms with Crippen LogP contribution in [0.4, 0.5) is 0 Å². The molecule has 0 radical (unpaired) electrons. The first kappa shape index (κ1) is 11.9. The van der Waals surface area contributed by atoms with Crippen LogP contribution in [0, 0.1) is 0 Å². The fraction of sp³-hybridized carbons (Fsp3) is 0.750. The highest BCUT2D eigenvalue weighted by atomic mass is 16.5. The normalized spacial score (nSPS) is 13.3. The Morgan fingerprint density at radius 2 is 1.92 bits per heavy atom. The van der Waals surface area contributed by atoms with Gasteiger partial charge in [-0.05, 0) is 20.8 Å². The molecule has 0 rings (SSSR count). The lowest BCUT2D eigenvalue weighted by molar-refractivity contribution is -0.149. The molecule has 1 amide bonds. The van der Waals surface area contributed by atoms with Gasteiger partial charge in [-0.15, -0.1) is 0 Å². The molecule has 0 heterocycles. The summed E-state index contributed by atoms with van der Waals surface area (Å²) < 4.78 is 4.50. The molecule has 0 aliphatic heterocycles. The van der Waals surface area contributed by atoms with E-state index < -0.39 is 17.6 Å². The molecule has 0 aliphatic carbocycles. The van der Waals surface area contributed by atoms with Crippen molar-refractivity contribution in [1.29, 1.82) is 0 Å². The molecule has 0 aromatic rings. The Kier molecular flexibility index (Phi) is 3.87. The van der Waals surface area contributed by atoms with Gasteiger partial charge in [-0.2, -0.15) is 0 Å². The van der Waals surface area contributed by atoms with Crippen molar-refractivity contribution in [3.8, 4) is 0 Å². The van der Waals surface area contributed by atoms with Crippen molar-refractivity contribution in [2.45, 2.75) is 32.4 Å². The van der Waals surface area contributed by atoms with Crippen molar-refractivity contribution < 1.29 is 14.3 Å². The van der Waals surface area contributed by atoms with Crippen molar-refractivity contribution >= 4 is 11.9 Å². The smallest absolute Gasteiger partial charge is 0.330 e. The van der Waals surface area contributed by atoms with E-state index in [0.717, 1.165) is 0 Å². The molecular formula is C8H16N2O3. The minimum atomic E-state index is -1.03. The second kappa shape index (κ2) is 4.23. The molecule has 0 saturated carbocycles. The number of amides is 1. The summed E-state index contributed by atoms with van der Waals surface area (Å²) in [7, 11) is 1.27. The number of nitrogens with two attached hydrogens (primary N) is 1.